The molecule has 0 radical (unpaired) electrons. The van der Waals surface area contributed by atoms with Crippen molar-refractivity contribution in [2.24, 2.45) is 0 Å². The summed E-state index contributed by atoms with van der Waals surface area (Å²) >= 11 is 0. The highest BCUT2D eigenvalue weighted by Gasteiger charge is 2.18. The molecule has 0 amide bonds. The smallest absolute Gasteiger partial charge is 0.0320 e. The lowest BCUT2D eigenvalue weighted by molar-refractivity contribution is 0.820. The maximum Gasteiger partial charge on any atom is 0.0320 e. The Labute approximate surface area is 102 Å². The molecular formula is C16H15N. The van der Waals surface area contributed by atoms with E-state index in [2.05, 4.69) is 54.6 Å². The van der Waals surface area contributed by atoms with E-state index < -0.39 is 0 Å². The molecule has 0 bridgehead atoms. The second kappa shape index (κ2) is 4.10. The van der Waals surface area contributed by atoms with Gasteiger partial charge in [-0.1, -0.05) is 48.6 Å². The standard InChI is InChI=1S/C16H15N/c17-14-9-10-16-13(11-14)7-4-8-15(16)12-5-2-1-3-6-12/h1-7,9-11,15H,8,17H2. The quantitative estimate of drug-likeness (QED) is 0.728. The summed E-state index contributed by atoms with van der Waals surface area (Å²) in [6.45, 7) is 0. The van der Waals surface area contributed by atoms with Crippen molar-refractivity contribution in [1.29, 1.82) is 0 Å². The summed E-state index contributed by atoms with van der Waals surface area (Å²) < 4.78 is 0. The zero-order chi connectivity index (χ0) is 11.7. The molecule has 0 aliphatic heterocycles. The molecule has 84 valence electrons. The van der Waals surface area contributed by atoms with Crippen LogP contribution in [0.4, 0.5) is 5.69 Å². The number of hydrogen-bond acceptors (Lipinski definition) is 1. The summed E-state index contributed by atoms with van der Waals surface area (Å²) in [5, 5.41) is 0. The van der Waals surface area contributed by atoms with Crippen molar-refractivity contribution in [1.82, 2.24) is 0 Å². The lowest BCUT2D eigenvalue weighted by atomic mass is 9.82. The van der Waals surface area contributed by atoms with Crippen LogP contribution in [0.25, 0.3) is 6.08 Å². The maximum absolute atomic E-state index is 5.83. The first-order chi connectivity index (χ1) is 8.34. The predicted molar refractivity (Wildman–Crippen MR) is 72.8 cm³/mol. The zero-order valence-electron chi connectivity index (χ0n) is 9.64. The number of rotatable bonds is 1. The number of nitrogen functional groups attached to an aromatic ring is 1. The maximum atomic E-state index is 5.83. The Balaban J connectivity index is 2.09. The number of fused-ring (bicyclic) bond motifs is 1. The van der Waals surface area contributed by atoms with Gasteiger partial charge in [-0.2, -0.15) is 0 Å². The van der Waals surface area contributed by atoms with Crippen LogP contribution in [0.5, 0.6) is 0 Å². The second-order valence-corrected chi connectivity index (χ2v) is 4.49. The Morgan fingerprint density at radius 3 is 2.65 bits per heavy atom. The first-order valence-corrected chi connectivity index (χ1v) is 5.95. The molecule has 0 saturated carbocycles. The lowest BCUT2D eigenvalue weighted by Crippen LogP contribution is -2.06. The molecule has 2 aromatic carbocycles. The monoisotopic (exact) mass is 221 g/mol. The Bertz CT molecular complexity index is 555. The fourth-order valence-corrected chi connectivity index (χ4v) is 2.51. The minimum Gasteiger partial charge on any atom is -0.399 e. The minimum absolute atomic E-state index is 0.469. The molecule has 0 aromatic heterocycles. The molecule has 0 heterocycles. The molecule has 1 nitrogen and oxygen atoms in total. The van der Waals surface area contributed by atoms with Gasteiger partial charge in [-0.25, -0.2) is 0 Å². The second-order valence-electron chi connectivity index (χ2n) is 4.49. The Hall–Kier alpha value is -2.02. The average molecular weight is 221 g/mol. The van der Waals surface area contributed by atoms with Gasteiger partial charge in [0.15, 0.2) is 0 Å². The van der Waals surface area contributed by atoms with E-state index in [1.54, 1.807) is 0 Å². The van der Waals surface area contributed by atoms with E-state index in [1.807, 2.05) is 6.07 Å². The molecule has 3 rings (SSSR count). The van der Waals surface area contributed by atoms with Crippen LogP contribution in [0, 0.1) is 0 Å². The van der Waals surface area contributed by atoms with Gasteiger partial charge in [0.1, 0.15) is 0 Å². The van der Waals surface area contributed by atoms with Crippen molar-refractivity contribution in [2.75, 3.05) is 5.73 Å². The van der Waals surface area contributed by atoms with Crippen LogP contribution in [0.2, 0.25) is 0 Å². The summed E-state index contributed by atoms with van der Waals surface area (Å²) in [6, 6.07) is 16.9. The number of nitrogens with two attached hydrogens (primary N) is 1. The van der Waals surface area contributed by atoms with Gasteiger partial charge in [-0.05, 0) is 35.2 Å². The van der Waals surface area contributed by atoms with Gasteiger partial charge in [0.2, 0.25) is 0 Å². The van der Waals surface area contributed by atoms with E-state index in [0.717, 1.165) is 12.1 Å². The van der Waals surface area contributed by atoms with Crippen molar-refractivity contribution in [2.45, 2.75) is 12.3 Å². The van der Waals surface area contributed by atoms with E-state index in [9.17, 15) is 0 Å². The van der Waals surface area contributed by atoms with Crippen LogP contribution in [-0.4, -0.2) is 0 Å². The van der Waals surface area contributed by atoms with Crippen LogP contribution >= 0.6 is 0 Å². The van der Waals surface area contributed by atoms with Crippen LogP contribution < -0.4 is 5.73 Å². The number of anilines is 1. The van der Waals surface area contributed by atoms with E-state index >= 15 is 0 Å². The molecule has 1 atom stereocenters. The fraction of sp³-hybridized carbons (Fsp3) is 0.125. The van der Waals surface area contributed by atoms with Crippen LogP contribution in [0.3, 0.4) is 0 Å². The van der Waals surface area contributed by atoms with Gasteiger partial charge in [0, 0.05) is 11.6 Å². The molecule has 1 unspecified atom stereocenters. The third-order valence-electron chi connectivity index (χ3n) is 3.36. The summed E-state index contributed by atoms with van der Waals surface area (Å²) in [5.41, 5.74) is 10.7. The van der Waals surface area contributed by atoms with E-state index in [4.69, 9.17) is 5.73 Å². The van der Waals surface area contributed by atoms with Crippen LogP contribution in [0.15, 0.2) is 54.6 Å². The third-order valence-corrected chi connectivity index (χ3v) is 3.36. The minimum atomic E-state index is 0.469. The van der Waals surface area contributed by atoms with Crippen molar-refractivity contribution in [3.05, 3.63) is 71.3 Å². The van der Waals surface area contributed by atoms with Crippen LogP contribution in [-0.2, 0) is 0 Å². The Morgan fingerprint density at radius 1 is 1.00 bits per heavy atom. The van der Waals surface area contributed by atoms with Gasteiger partial charge in [0.05, 0.1) is 0 Å². The summed E-state index contributed by atoms with van der Waals surface area (Å²) in [6.07, 6.45) is 5.48. The molecule has 0 saturated heterocycles. The number of benzene rings is 2. The zero-order valence-corrected chi connectivity index (χ0v) is 9.64. The molecule has 1 heteroatoms. The summed E-state index contributed by atoms with van der Waals surface area (Å²) in [5.74, 6) is 0.469. The predicted octanol–water partition coefficient (Wildman–Crippen LogP) is 3.82. The van der Waals surface area contributed by atoms with Gasteiger partial charge in [0.25, 0.3) is 0 Å². The normalized spacial score (nSPS) is 17.8. The molecular weight excluding hydrogens is 206 g/mol. The Kier molecular flexibility index (Phi) is 2.45. The first kappa shape index (κ1) is 10.2. The van der Waals surface area contributed by atoms with Gasteiger partial charge >= 0.3 is 0 Å². The first-order valence-electron chi connectivity index (χ1n) is 5.95. The van der Waals surface area contributed by atoms with Gasteiger partial charge < -0.3 is 5.73 Å². The molecule has 1 aliphatic carbocycles. The molecule has 2 aromatic rings. The highest BCUT2D eigenvalue weighted by atomic mass is 14.5. The topological polar surface area (TPSA) is 26.0 Å². The Morgan fingerprint density at radius 2 is 1.82 bits per heavy atom. The summed E-state index contributed by atoms with van der Waals surface area (Å²) in [4.78, 5) is 0. The highest BCUT2D eigenvalue weighted by molar-refractivity contribution is 5.64. The van der Waals surface area contributed by atoms with Gasteiger partial charge in [-0.15, -0.1) is 0 Å². The lowest BCUT2D eigenvalue weighted by Gasteiger charge is -2.22. The molecule has 2 N–H and O–H groups in total. The average Bonchev–Trinajstić information content (AvgIpc) is 2.39. The van der Waals surface area contributed by atoms with E-state index in [-0.39, 0.29) is 0 Å². The van der Waals surface area contributed by atoms with E-state index in [0.29, 0.717) is 5.92 Å². The molecule has 17 heavy (non-hydrogen) atoms. The van der Waals surface area contributed by atoms with Crippen molar-refractivity contribution in [3.63, 3.8) is 0 Å². The van der Waals surface area contributed by atoms with Crippen molar-refractivity contribution >= 4 is 11.8 Å². The molecule has 0 fully saturated rings. The SMILES string of the molecule is Nc1ccc2c(c1)C=CCC2c1ccccc1. The number of hydrogen-bond donors (Lipinski definition) is 1. The van der Waals surface area contributed by atoms with Crippen molar-refractivity contribution in [3.8, 4) is 0 Å². The largest absolute Gasteiger partial charge is 0.399 e. The highest BCUT2D eigenvalue weighted by Crippen LogP contribution is 2.35. The van der Waals surface area contributed by atoms with E-state index in [1.165, 1.54) is 16.7 Å². The summed E-state index contributed by atoms with van der Waals surface area (Å²) in [7, 11) is 0. The fourth-order valence-electron chi connectivity index (χ4n) is 2.51. The molecule has 0 spiro atoms. The van der Waals surface area contributed by atoms with Gasteiger partial charge in [-0.3, -0.25) is 0 Å². The third kappa shape index (κ3) is 1.84. The molecule has 1 aliphatic rings. The van der Waals surface area contributed by atoms with Crippen molar-refractivity contribution < 1.29 is 0 Å². The number of allylic oxidation sites excluding steroid dienone is 1. The van der Waals surface area contributed by atoms with Crippen LogP contribution in [0.1, 0.15) is 29.0 Å².